The van der Waals surface area contributed by atoms with E-state index in [9.17, 15) is 9.59 Å². The van der Waals surface area contributed by atoms with Crippen LogP contribution in [0.5, 0.6) is 0 Å². The van der Waals surface area contributed by atoms with E-state index in [4.69, 9.17) is 14.2 Å². The Morgan fingerprint density at radius 1 is 1.38 bits per heavy atom. The van der Waals surface area contributed by atoms with Gasteiger partial charge in [-0.3, -0.25) is 0 Å². The predicted molar refractivity (Wildman–Crippen MR) is 53.7 cm³/mol. The van der Waals surface area contributed by atoms with Crippen molar-refractivity contribution >= 4 is 12.1 Å². The first kappa shape index (κ1) is 11.0. The Kier molecular flexibility index (Phi) is 2.85. The molecule has 0 aromatic heterocycles. The maximum atomic E-state index is 11.3. The molecule has 2 fully saturated rings. The molecule has 0 radical (unpaired) electrons. The van der Waals surface area contributed by atoms with Gasteiger partial charge < -0.3 is 14.2 Å². The second-order valence-corrected chi connectivity index (χ2v) is 4.18. The topological polar surface area (TPSA) is 61.8 Å². The first-order valence-electron chi connectivity index (χ1n) is 5.30. The van der Waals surface area contributed by atoms with Crippen molar-refractivity contribution in [2.75, 3.05) is 0 Å². The Balaban J connectivity index is 1.89. The fourth-order valence-electron chi connectivity index (χ4n) is 1.96. The van der Waals surface area contributed by atoms with Crippen LogP contribution in [0.4, 0.5) is 4.79 Å². The van der Waals surface area contributed by atoms with Crippen LogP contribution in [0.1, 0.15) is 26.2 Å². The van der Waals surface area contributed by atoms with Gasteiger partial charge >= 0.3 is 12.1 Å². The fourth-order valence-corrected chi connectivity index (χ4v) is 1.96. The van der Waals surface area contributed by atoms with Crippen molar-refractivity contribution in [3.63, 3.8) is 0 Å². The quantitative estimate of drug-likeness (QED) is 0.528. The van der Waals surface area contributed by atoms with Gasteiger partial charge in [0.2, 0.25) is 0 Å². The van der Waals surface area contributed by atoms with E-state index in [1.54, 1.807) is 6.92 Å². The van der Waals surface area contributed by atoms with Crippen LogP contribution in [0, 0.1) is 0 Å². The summed E-state index contributed by atoms with van der Waals surface area (Å²) in [5.41, 5.74) is 0.377. The summed E-state index contributed by atoms with van der Waals surface area (Å²) < 4.78 is 15.1. The SMILES string of the molecule is C=C(C)C(=O)OC1CCC2OC(=O)OC2C1. The molecule has 5 nitrogen and oxygen atoms in total. The lowest BCUT2D eigenvalue weighted by atomic mass is 9.92. The van der Waals surface area contributed by atoms with E-state index in [-0.39, 0.29) is 18.3 Å². The van der Waals surface area contributed by atoms with Gasteiger partial charge in [0.1, 0.15) is 18.3 Å². The Hall–Kier alpha value is -1.52. The zero-order chi connectivity index (χ0) is 11.7. The van der Waals surface area contributed by atoms with Crippen LogP contribution in [0.25, 0.3) is 0 Å². The molecular weight excluding hydrogens is 212 g/mol. The average Bonchev–Trinajstić information content (AvgIpc) is 2.57. The molecule has 3 unspecified atom stereocenters. The largest absolute Gasteiger partial charge is 0.509 e. The predicted octanol–water partition coefficient (Wildman–Crippen LogP) is 1.56. The molecule has 1 heterocycles. The molecule has 3 atom stereocenters. The number of carbonyl (C=O) groups is 2. The molecule has 16 heavy (non-hydrogen) atoms. The number of fused-ring (bicyclic) bond motifs is 1. The third-order valence-electron chi connectivity index (χ3n) is 2.80. The number of hydrogen-bond donors (Lipinski definition) is 0. The second kappa shape index (κ2) is 4.15. The van der Waals surface area contributed by atoms with Crippen LogP contribution in [0.3, 0.4) is 0 Å². The molecule has 0 bridgehead atoms. The lowest BCUT2D eigenvalue weighted by Crippen LogP contribution is -2.36. The molecular formula is C11H14O5. The van der Waals surface area contributed by atoms with Crippen LogP contribution in [0.2, 0.25) is 0 Å². The van der Waals surface area contributed by atoms with E-state index in [1.165, 1.54) is 0 Å². The number of hydrogen-bond acceptors (Lipinski definition) is 5. The Labute approximate surface area is 93.4 Å². The summed E-state index contributed by atoms with van der Waals surface area (Å²) in [5, 5.41) is 0. The third kappa shape index (κ3) is 2.18. The van der Waals surface area contributed by atoms with Gasteiger partial charge in [-0.2, -0.15) is 0 Å². The second-order valence-electron chi connectivity index (χ2n) is 4.18. The van der Waals surface area contributed by atoms with Gasteiger partial charge in [0.05, 0.1) is 0 Å². The molecule has 0 amide bonds. The van der Waals surface area contributed by atoms with E-state index in [1.807, 2.05) is 0 Å². The van der Waals surface area contributed by atoms with E-state index in [2.05, 4.69) is 6.58 Å². The molecule has 1 saturated heterocycles. The number of rotatable bonds is 2. The average molecular weight is 226 g/mol. The summed E-state index contributed by atoms with van der Waals surface area (Å²) in [5.74, 6) is -0.395. The monoisotopic (exact) mass is 226 g/mol. The van der Waals surface area contributed by atoms with Gasteiger partial charge in [-0.1, -0.05) is 6.58 Å². The summed E-state index contributed by atoms with van der Waals surface area (Å²) in [6, 6.07) is 0. The Morgan fingerprint density at radius 2 is 2.06 bits per heavy atom. The minimum absolute atomic E-state index is 0.174. The highest BCUT2D eigenvalue weighted by molar-refractivity contribution is 5.87. The summed E-state index contributed by atoms with van der Waals surface area (Å²) in [4.78, 5) is 22.2. The standard InChI is InChI=1S/C11H14O5/c1-6(2)10(12)14-7-3-4-8-9(5-7)16-11(13)15-8/h7-9H,1,3-5H2,2H3. The zero-order valence-corrected chi connectivity index (χ0v) is 9.10. The van der Waals surface area contributed by atoms with Crippen molar-refractivity contribution in [3.05, 3.63) is 12.2 Å². The third-order valence-corrected chi connectivity index (χ3v) is 2.80. The van der Waals surface area contributed by atoms with Gasteiger partial charge in [-0.25, -0.2) is 9.59 Å². The van der Waals surface area contributed by atoms with Crippen molar-refractivity contribution in [1.82, 2.24) is 0 Å². The number of carbonyl (C=O) groups excluding carboxylic acids is 2. The van der Waals surface area contributed by atoms with Crippen molar-refractivity contribution in [1.29, 1.82) is 0 Å². The minimum atomic E-state index is -0.623. The summed E-state index contributed by atoms with van der Waals surface area (Å²) >= 11 is 0. The number of ether oxygens (including phenoxy) is 3. The molecule has 0 N–H and O–H groups in total. The summed E-state index contributed by atoms with van der Waals surface area (Å²) in [7, 11) is 0. The molecule has 0 aromatic rings. The zero-order valence-electron chi connectivity index (χ0n) is 9.10. The van der Waals surface area contributed by atoms with Crippen molar-refractivity contribution in [2.45, 2.75) is 44.5 Å². The molecule has 0 spiro atoms. The molecule has 0 aromatic carbocycles. The fraction of sp³-hybridized carbons (Fsp3) is 0.636. The van der Waals surface area contributed by atoms with Crippen molar-refractivity contribution in [2.24, 2.45) is 0 Å². The van der Waals surface area contributed by atoms with Gasteiger partial charge in [-0.15, -0.1) is 0 Å². The lowest BCUT2D eigenvalue weighted by molar-refractivity contribution is -0.147. The van der Waals surface area contributed by atoms with Gasteiger partial charge in [-0.05, 0) is 19.8 Å². The Morgan fingerprint density at radius 3 is 2.75 bits per heavy atom. The highest BCUT2D eigenvalue weighted by Crippen LogP contribution is 2.31. The first-order chi connectivity index (χ1) is 7.56. The van der Waals surface area contributed by atoms with E-state index >= 15 is 0 Å². The van der Waals surface area contributed by atoms with Crippen LogP contribution >= 0.6 is 0 Å². The van der Waals surface area contributed by atoms with Crippen molar-refractivity contribution in [3.8, 4) is 0 Å². The first-order valence-corrected chi connectivity index (χ1v) is 5.30. The molecule has 5 heteroatoms. The maximum absolute atomic E-state index is 11.3. The van der Waals surface area contributed by atoms with Crippen LogP contribution < -0.4 is 0 Å². The van der Waals surface area contributed by atoms with Crippen LogP contribution in [-0.2, 0) is 19.0 Å². The minimum Gasteiger partial charge on any atom is -0.459 e. The van der Waals surface area contributed by atoms with E-state index in [0.717, 1.165) is 0 Å². The van der Waals surface area contributed by atoms with Crippen LogP contribution in [0.15, 0.2) is 12.2 Å². The van der Waals surface area contributed by atoms with Crippen LogP contribution in [-0.4, -0.2) is 30.4 Å². The number of esters is 1. The normalized spacial score (nSPS) is 32.3. The summed E-state index contributed by atoms with van der Waals surface area (Å²) in [6.45, 7) is 5.12. The van der Waals surface area contributed by atoms with Gasteiger partial charge in [0.25, 0.3) is 0 Å². The maximum Gasteiger partial charge on any atom is 0.509 e. The molecule has 1 aliphatic carbocycles. The summed E-state index contributed by atoms with van der Waals surface area (Å²) in [6.07, 6.45) is 0.592. The lowest BCUT2D eigenvalue weighted by Gasteiger charge is -2.27. The highest BCUT2D eigenvalue weighted by atomic mass is 16.8. The smallest absolute Gasteiger partial charge is 0.459 e. The Bertz CT molecular complexity index is 335. The molecule has 88 valence electrons. The molecule has 2 aliphatic rings. The van der Waals surface area contributed by atoms with E-state index < -0.39 is 12.1 Å². The van der Waals surface area contributed by atoms with E-state index in [0.29, 0.717) is 24.8 Å². The van der Waals surface area contributed by atoms with Crippen molar-refractivity contribution < 1.29 is 23.8 Å². The van der Waals surface area contributed by atoms with Gasteiger partial charge in [0, 0.05) is 12.0 Å². The molecule has 1 saturated carbocycles. The molecule has 1 aliphatic heterocycles. The van der Waals surface area contributed by atoms with Gasteiger partial charge in [0.15, 0.2) is 0 Å². The highest BCUT2D eigenvalue weighted by Gasteiger charge is 2.42. The molecule has 2 rings (SSSR count).